The Morgan fingerprint density at radius 3 is 3.36 bits per heavy atom. The summed E-state index contributed by atoms with van der Waals surface area (Å²) in [5.41, 5.74) is 0.980. The van der Waals surface area contributed by atoms with E-state index in [2.05, 4.69) is 15.8 Å². The zero-order valence-electron chi connectivity index (χ0n) is 8.33. The van der Waals surface area contributed by atoms with E-state index < -0.39 is 0 Å². The van der Waals surface area contributed by atoms with Crippen LogP contribution in [0.25, 0.3) is 0 Å². The van der Waals surface area contributed by atoms with Crippen molar-refractivity contribution >= 4 is 0 Å². The van der Waals surface area contributed by atoms with Crippen molar-refractivity contribution in [2.24, 2.45) is 5.92 Å². The van der Waals surface area contributed by atoms with Crippen molar-refractivity contribution in [3.05, 3.63) is 18.0 Å². The van der Waals surface area contributed by atoms with Gasteiger partial charge in [0, 0.05) is 12.6 Å². The van der Waals surface area contributed by atoms with Crippen molar-refractivity contribution in [1.29, 1.82) is 0 Å². The monoisotopic (exact) mass is 195 g/mol. The summed E-state index contributed by atoms with van der Waals surface area (Å²) in [6, 6.07) is 1.89. The van der Waals surface area contributed by atoms with Crippen molar-refractivity contribution in [3.63, 3.8) is 0 Å². The quantitative estimate of drug-likeness (QED) is 0.745. The number of aromatic nitrogens is 1. The van der Waals surface area contributed by atoms with E-state index in [1.807, 2.05) is 6.07 Å². The Morgan fingerprint density at radius 1 is 1.64 bits per heavy atom. The lowest BCUT2D eigenvalue weighted by Gasteiger charge is -2.22. The summed E-state index contributed by atoms with van der Waals surface area (Å²) in [6.07, 6.45) is 4.24. The minimum Gasteiger partial charge on any atom is -0.364 e. The summed E-state index contributed by atoms with van der Waals surface area (Å²) in [4.78, 5) is 0. The van der Waals surface area contributed by atoms with Crippen molar-refractivity contribution in [2.45, 2.75) is 19.4 Å². The van der Waals surface area contributed by atoms with Crippen LogP contribution in [0.3, 0.4) is 0 Å². The van der Waals surface area contributed by atoms with Crippen LogP contribution >= 0.6 is 0 Å². The second kappa shape index (κ2) is 5.12. The minimum atomic E-state index is 0.774. The van der Waals surface area contributed by atoms with E-state index in [9.17, 15) is 0 Å². The maximum atomic E-state index is 4.75. The van der Waals surface area contributed by atoms with Gasteiger partial charge in [-0.05, 0) is 38.4 Å². The molecule has 1 aliphatic heterocycles. The lowest BCUT2D eigenvalue weighted by atomic mass is 10.00. The van der Waals surface area contributed by atoms with E-state index in [1.54, 1.807) is 6.26 Å². The summed E-state index contributed by atoms with van der Waals surface area (Å²) >= 11 is 0. The van der Waals surface area contributed by atoms with Crippen molar-refractivity contribution in [1.82, 2.24) is 15.8 Å². The molecule has 14 heavy (non-hydrogen) atoms. The fraction of sp³-hybridized carbons (Fsp3) is 0.700. The van der Waals surface area contributed by atoms with Crippen LogP contribution in [0.15, 0.2) is 16.9 Å². The molecule has 1 aromatic rings. The van der Waals surface area contributed by atoms with Gasteiger partial charge in [0.2, 0.25) is 0 Å². The van der Waals surface area contributed by atoms with E-state index in [0.29, 0.717) is 0 Å². The van der Waals surface area contributed by atoms with Crippen LogP contribution in [0, 0.1) is 5.92 Å². The second-order valence-electron chi connectivity index (χ2n) is 3.83. The summed E-state index contributed by atoms with van der Waals surface area (Å²) in [5.74, 6) is 0.774. The molecule has 0 bridgehead atoms. The first kappa shape index (κ1) is 9.68. The van der Waals surface area contributed by atoms with Gasteiger partial charge in [0.15, 0.2) is 0 Å². The molecule has 1 fully saturated rings. The highest BCUT2D eigenvalue weighted by Gasteiger charge is 2.11. The van der Waals surface area contributed by atoms with Gasteiger partial charge in [-0.25, -0.2) is 0 Å². The van der Waals surface area contributed by atoms with Gasteiger partial charge in [-0.1, -0.05) is 5.16 Å². The maximum absolute atomic E-state index is 4.75. The molecule has 2 rings (SSSR count). The van der Waals surface area contributed by atoms with Crippen molar-refractivity contribution in [3.8, 4) is 0 Å². The van der Waals surface area contributed by atoms with Crippen LogP contribution in [0.1, 0.15) is 18.5 Å². The third-order valence-corrected chi connectivity index (χ3v) is 2.63. The Hall–Kier alpha value is -0.870. The molecule has 0 radical (unpaired) electrons. The van der Waals surface area contributed by atoms with Gasteiger partial charge < -0.3 is 15.2 Å². The smallest absolute Gasteiger partial charge is 0.124 e. The zero-order chi connectivity index (χ0) is 9.64. The molecule has 78 valence electrons. The van der Waals surface area contributed by atoms with Crippen molar-refractivity contribution < 1.29 is 4.52 Å². The fourth-order valence-electron chi connectivity index (χ4n) is 1.83. The van der Waals surface area contributed by atoms with Gasteiger partial charge in [-0.15, -0.1) is 0 Å². The molecule has 0 saturated carbocycles. The van der Waals surface area contributed by atoms with E-state index in [4.69, 9.17) is 4.52 Å². The molecule has 0 spiro atoms. The Morgan fingerprint density at radius 2 is 2.64 bits per heavy atom. The number of hydrogen-bond donors (Lipinski definition) is 2. The first-order valence-corrected chi connectivity index (χ1v) is 5.26. The molecule has 1 aliphatic rings. The van der Waals surface area contributed by atoms with E-state index in [0.717, 1.165) is 31.2 Å². The number of rotatable bonds is 4. The molecular formula is C10H17N3O. The molecule has 1 atom stereocenters. The highest BCUT2D eigenvalue weighted by atomic mass is 16.5. The van der Waals surface area contributed by atoms with Gasteiger partial charge in [0.1, 0.15) is 6.26 Å². The van der Waals surface area contributed by atoms with Crippen molar-refractivity contribution in [2.75, 3.05) is 19.6 Å². The average Bonchev–Trinajstić information content (AvgIpc) is 2.72. The Kier molecular flexibility index (Phi) is 3.54. The Bertz CT molecular complexity index is 242. The van der Waals surface area contributed by atoms with Crippen LogP contribution < -0.4 is 10.6 Å². The molecule has 0 amide bonds. The van der Waals surface area contributed by atoms with E-state index >= 15 is 0 Å². The first-order chi connectivity index (χ1) is 6.95. The maximum Gasteiger partial charge on any atom is 0.124 e. The van der Waals surface area contributed by atoms with Gasteiger partial charge in [0.05, 0.1) is 5.69 Å². The largest absolute Gasteiger partial charge is 0.364 e. The van der Waals surface area contributed by atoms with Gasteiger partial charge in [0.25, 0.3) is 0 Å². The summed E-state index contributed by atoms with van der Waals surface area (Å²) in [5, 5.41) is 10.6. The number of piperidine rings is 1. The van der Waals surface area contributed by atoms with Crippen LogP contribution in [0.2, 0.25) is 0 Å². The molecule has 1 aromatic heterocycles. The van der Waals surface area contributed by atoms with Gasteiger partial charge in [-0.2, -0.15) is 0 Å². The fourth-order valence-corrected chi connectivity index (χ4v) is 1.83. The lowest BCUT2D eigenvalue weighted by Crippen LogP contribution is -2.35. The molecule has 1 unspecified atom stereocenters. The molecule has 4 nitrogen and oxygen atoms in total. The van der Waals surface area contributed by atoms with Crippen LogP contribution in [0.4, 0.5) is 0 Å². The van der Waals surface area contributed by atoms with Gasteiger partial charge in [-0.3, -0.25) is 0 Å². The third kappa shape index (κ3) is 2.82. The van der Waals surface area contributed by atoms with E-state index in [-0.39, 0.29) is 0 Å². The zero-order valence-corrected chi connectivity index (χ0v) is 8.33. The number of hydrogen-bond acceptors (Lipinski definition) is 4. The standard InChI is InChI=1S/C10H17N3O/c1-2-9(6-11-4-1)7-12-8-10-3-5-14-13-10/h3,5,9,11-12H,1-2,4,6-8H2. The summed E-state index contributed by atoms with van der Waals surface area (Å²) in [6.45, 7) is 4.21. The molecule has 4 heteroatoms. The van der Waals surface area contributed by atoms with Gasteiger partial charge >= 0.3 is 0 Å². The van der Waals surface area contributed by atoms with Crippen LogP contribution in [-0.2, 0) is 6.54 Å². The number of nitrogens with zero attached hydrogens (tertiary/aromatic N) is 1. The SMILES string of the molecule is c1cc(CNCC2CCCNC2)no1. The lowest BCUT2D eigenvalue weighted by molar-refractivity contribution is 0.356. The Labute approximate surface area is 84.0 Å². The predicted molar refractivity (Wildman–Crippen MR) is 53.8 cm³/mol. The topological polar surface area (TPSA) is 50.1 Å². The first-order valence-electron chi connectivity index (χ1n) is 5.26. The minimum absolute atomic E-state index is 0.774. The highest BCUT2D eigenvalue weighted by molar-refractivity contribution is 4.94. The molecular weight excluding hydrogens is 178 g/mol. The molecule has 0 aromatic carbocycles. The average molecular weight is 195 g/mol. The summed E-state index contributed by atoms with van der Waals surface area (Å²) in [7, 11) is 0. The number of nitrogens with one attached hydrogen (secondary N) is 2. The normalized spacial score (nSPS) is 22.4. The van der Waals surface area contributed by atoms with Crippen LogP contribution in [0.5, 0.6) is 0 Å². The second-order valence-corrected chi connectivity index (χ2v) is 3.83. The molecule has 0 aliphatic carbocycles. The third-order valence-electron chi connectivity index (χ3n) is 2.63. The highest BCUT2D eigenvalue weighted by Crippen LogP contribution is 2.08. The van der Waals surface area contributed by atoms with Crippen LogP contribution in [-0.4, -0.2) is 24.8 Å². The molecule has 1 saturated heterocycles. The molecule has 2 heterocycles. The Balaban J connectivity index is 1.62. The molecule has 2 N–H and O–H groups in total. The van der Waals surface area contributed by atoms with E-state index in [1.165, 1.54) is 19.4 Å². The summed E-state index contributed by atoms with van der Waals surface area (Å²) < 4.78 is 4.75. The predicted octanol–water partition coefficient (Wildman–Crippen LogP) is 0.764.